The van der Waals surface area contributed by atoms with Gasteiger partial charge in [-0.2, -0.15) is 0 Å². The molecule has 0 saturated carbocycles. The maximum Gasteiger partial charge on any atom is 0.0761 e. The number of benzene rings is 1. The number of hydrogen-bond donors (Lipinski definition) is 2. The molecule has 1 aromatic rings. The van der Waals surface area contributed by atoms with Crippen molar-refractivity contribution in [3.63, 3.8) is 0 Å². The topological polar surface area (TPSA) is 23.5 Å². The van der Waals surface area contributed by atoms with Crippen molar-refractivity contribution in [2.45, 2.75) is 0 Å². The van der Waals surface area contributed by atoms with Crippen molar-refractivity contribution in [1.82, 2.24) is 0 Å². The minimum absolute atomic E-state index is 0.667. The summed E-state index contributed by atoms with van der Waals surface area (Å²) < 4.78 is 0.778. The molecule has 0 aromatic heterocycles. The van der Waals surface area contributed by atoms with Crippen LogP contribution in [0.25, 0.3) is 0 Å². The highest BCUT2D eigenvalue weighted by Gasteiger charge is 1.91. The molecule has 0 bridgehead atoms. The third-order valence-electron chi connectivity index (χ3n) is 0.987. The maximum atomic E-state index is 8.72. The SMILES string of the molecule is ON(S)c1ccccc1. The Morgan fingerprint density at radius 3 is 2.11 bits per heavy atom. The van der Waals surface area contributed by atoms with E-state index in [2.05, 4.69) is 12.8 Å². The zero-order chi connectivity index (χ0) is 6.69. The van der Waals surface area contributed by atoms with Crippen LogP contribution in [0, 0.1) is 0 Å². The van der Waals surface area contributed by atoms with Crippen molar-refractivity contribution in [3.05, 3.63) is 30.3 Å². The zero-order valence-corrected chi connectivity index (χ0v) is 5.62. The van der Waals surface area contributed by atoms with Gasteiger partial charge in [0.05, 0.1) is 5.69 Å². The standard InChI is InChI=1S/C6H7NOS/c8-7(9)6-4-2-1-3-5-6/h1-5,8-9H. The first-order valence-corrected chi connectivity index (χ1v) is 2.93. The van der Waals surface area contributed by atoms with E-state index in [0.717, 1.165) is 4.47 Å². The Morgan fingerprint density at radius 2 is 1.78 bits per heavy atom. The zero-order valence-electron chi connectivity index (χ0n) is 4.73. The van der Waals surface area contributed by atoms with E-state index in [-0.39, 0.29) is 0 Å². The lowest BCUT2D eigenvalue weighted by Gasteiger charge is -2.06. The molecule has 2 nitrogen and oxygen atoms in total. The van der Waals surface area contributed by atoms with Crippen LogP contribution in [0.5, 0.6) is 0 Å². The van der Waals surface area contributed by atoms with Gasteiger partial charge < -0.3 is 0 Å². The van der Waals surface area contributed by atoms with Gasteiger partial charge in [-0.25, -0.2) is 4.47 Å². The van der Waals surface area contributed by atoms with Gasteiger partial charge in [0, 0.05) is 0 Å². The Bertz CT molecular complexity index is 176. The van der Waals surface area contributed by atoms with E-state index in [0.29, 0.717) is 5.69 Å². The molecule has 9 heavy (non-hydrogen) atoms. The molecule has 0 aliphatic rings. The van der Waals surface area contributed by atoms with Crippen LogP contribution < -0.4 is 4.47 Å². The minimum Gasteiger partial charge on any atom is -0.278 e. The molecule has 0 fully saturated rings. The summed E-state index contributed by atoms with van der Waals surface area (Å²) in [5.41, 5.74) is 0.667. The Kier molecular flexibility index (Phi) is 1.97. The van der Waals surface area contributed by atoms with Crippen molar-refractivity contribution in [3.8, 4) is 0 Å². The number of rotatable bonds is 1. The lowest BCUT2D eigenvalue weighted by molar-refractivity contribution is 0.334. The van der Waals surface area contributed by atoms with Gasteiger partial charge in [0.25, 0.3) is 0 Å². The fourth-order valence-electron chi connectivity index (χ4n) is 0.561. The van der Waals surface area contributed by atoms with Crippen LogP contribution >= 0.6 is 12.8 Å². The molecule has 0 heterocycles. The molecule has 48 valence electrons. The molecule has 0 aliphatic heterocycles. The smallest absolute Gasteiger partial charge is 0.0761 e. The number of hydrogen-bond acceptors (Lipinski definition) is 3. The predicted octanol–water partition coefficient (Wildman–Crippen LogP) is 1.73. The molecule has 1 rings (SSSR count). The molecule has 0 atom stereocenters. The summed E-state index contributed by atoms with van der Waals surface area (Å²) in [7, 11) is 0. The summed E-state index contributed by atoms with van der Waals surface area (Å²) in [5.74, 6) is 0. The largest absolute Gasteiger partial charge is 0.278 e. The van der Waals surface area contributed by atoms with Gasteiger partial charge in [0.2, 0.25) is 0 Å². The Morgan fingerprint density at radius 1 is 1.22 bits per heavy atom. The highest BCUT2D eigenvalue weighted by atomic mass is 32.1. The van der Waals surface area contributed by atoms with Crippen molar-refractivity contribution < 1.29 is 5.21 Å². The second-order valence-corrected chi connectivity index (χ2v) is 2.00. The van der Waals surface area contributed by atoms with E-state index in [1.165, 1.54) is 0 Å². The summed E-state index contributed by atoms with van der Waals surface area (Å²) in [5, 5.41) is 8.72. The molecule has 0 saturated heterocycles. The molecule has 3 heteroatoms. The van der Waals surface area contributed by atoms with E-state index in [4.69, 9.17) is 5.21 Å². The van der Waals surface area contributed by atoms with E-state index in [1.807, 2.05) is 18.2 Å². The average molecular weight is 141 g/mol. The number of anilines is 1. The van der Waals surface area contributed by atoms with Crippen LogP contribution in [-0.2, 0) is 0 Å². The van der Waals surface area contributed by atoms with Crippen LogP contribution in [0.1, 0.15) is 0 Å². The third kappa shape index (κ3) is 1.62. The van der Waals surface area contributed by atoms with Gasteiger partial charge in [-0.3, -0.25) is 5.21 Å². The Balaban J connectivity index is 2.85. The lowest BCUT2D eigenvalue weighted by atomic mass is 10.3. The van der Waals surface area contributed by atoms with Crippen molar-refractivity contribution in [1.29, 1.82) is 0 Å². The highest BCUT2D eigenvalue weighted by molar-refractivity contribution is 7.81. The molecule has 0 unspecified atom stereocenters. The van der Waals surface area contributed by atoms with Gasteiger partial charge >= 0.3 is 0 Å². The average Bonchev–Trinajstić information content (AvgIpc) is 1.90. The van der Waals surface area contributed by atoms with Crippen molar-refractivity contribution in [2.24, 2.45) is 0 Å². The quantitative estimate of drug-likeness (QED) is 0.459. The Labute approximate surface area is 59.2 Å². The van der Waals surface area contributed by atoms with Crippen LogP contribution in [0.3, 0.4) is 0 Å². The lowest BCUT2D eigenvalue weighted by Crippen LogP contribution is -2.00. The first-order chi connectivity index (χ1) is 4.30. The molecule has 0 spiro atoms. The summed E-state index contributed by atoms with van der Waals surface area (Å²) in [6.07, 6.45) is 0. The van der Waals surface area contributed by atoms with Crippen molar-refractivity contribution >= 4 is 18.5 Å². The molecule has 0 radical (unpaired) electrons. The van der Waals surface area contributed by atoms with E-state index < -0.39 is 0 Å². The second kappa shape index (κ2) is 2.75. The third-order valence-corrected chi connectivity index (χ3v) is 1.22. The van der Waals surface area contributed by atoms with Gasteiger partial charge in [-0.05, 0) is 24.9 Å². The second-order valence-electron chi connectivity index (χ2n) is 1.62. The van der Waals surface area contributed by atoms with Gasteiger partial charge in [0.1, 0.15) is 0 Å². The summed E-state index contributed by atoms with van der Waals surface area (Å²) in [4.78, 5) is 0. The van der Waals surface area contributed by atoms with Crippen LogP contribution in [0.4, 0.5) is 5.69 Å². The fourth-order valence-corrected chi connectivity index (χ4v) is 0.695. The monoisotopic (exact) mass is 141 g/mol. The first-order valence-electron chi connectivity index (χ1n) is 2.53. The molecular weight excluding hydrogens is 134 g/mol. The van der Waals surface area contributed by atoms with Gasteiger partial charge in [-0.15, -0.1) is 0 Å². The first kappa shape index (κ1) is 6.45. The van der Waals surface area contributed by atoms with E-state index in [1.54, 1.807) is 12.1 Å². The van der Waals surface area contributed by atoms with E-state index >= 15 is 0 Å². The minimum atomic E-state index is 0.667. The fraction of sp³-hybridized carbons (Fsp3) is 0. The molecule has 0 amide bonds. The van der Waals surface area contributed by atoms with Gasteiger partial charge in [-0.1, -0.05) is 18.2 Å². The predicted molar refractivity (Wildman–Crippen MR) is 39.7 cm³/mol. The highest BCUT2D eigenvalue weighted by Crippen LogP contribution is 2.11. The molecular formula is C6H7NOS. The summed E-state index contributed by atoms with van der Waals surface area (Å²) >= 11 is 3.68. The van der Waals surface area contributed by atoms with Crippen molar-refractivity contribution in [2.75, 3.05) is 4.47 Å². The Hall–Kier alpha value is -0.670. The number of thiol groups is 1. The number of para-hydroxylation sites is 1. The van der Waals surface area contributed by atoms with Crippen LogP contribution in [0.2, 0.25) is 0 Å². The molecule has 1 aromatic carbocycles. The number of nitrogens with zero attached hydrogens (tertiary/aromatic N) is 1. The molecule has 1 N–H and O–H groups in total. The van der Waals surface area contributed by atoms with Crippen LogP contribution in [0.15, 0.2) is 30.3 Å². The summed E-state index contributed by atoms with van der Waals surface area (Å²) in [6, 6.07) is 9.05. The van der Waals surface area contributed by atoms with Gasteiger partial charge in [0.15, 0.2) is 0 Å². The summed E-state index contributed by atoms with van der Waals surface area (Å²) in [6.45, 7) is 0. The molecule has 0 aliphatic carbocycles. The van der Waals surface area contributed by atoms with Crippen LogP contribution in [-0.4, -0.2) is 5.21 Å². The normalized spacial score (nSPS) is 9.11. The van der Waals surface area contributed by atoms with E-state index in [9.17, 15) is 0 Å². The maximum absolute atomic E-state index is 8.72.